The Morgan fingerprint density at radius 2 is 1.97 bits per heavy atom. The fourth-order valence-corrected chi connectivity index (χ4v) is 5.95. The van der Waals surface area contributed by atoms with Crippen LogP contribution in [0.1, 0.15) is 52.5 Å². The van der Waals surface area contributed by atoms with Crippen LogP contribution in [0.2, 0.25) is 0 Å². The number of hydrogen-bond acceptors (Lipinski definition) is 8. The first kappa shape index (κ1) is 24.3. The second-order valence-corrected chi connectivity index (χ2v) is 9.91. The molecule has 3 aromatic rings. The number of amides is 1. The van der Waals surface area contributed by atoms with Gasteiger partial charge in [-0.05, 0) is 57.7 Å². The fourth-order valence-electron chi connectivity index (χ4n) is 3.84. The van der Waals surface area contributed by atoms with Gasteiger partial charge in [-0.15, -0.1) is 21.5 Å². The number of nitrogens with zero attached hydrogens (tertiary/aromatic N) is 3. The number of benzene rings is 1. The van der Waals surface area contributed by atoms with E-state index in [1.807, 2.05) is 42.7 Å². The average Bonchev–Trinajstić information content (AvgIpc) is 3.51. The molecule has 180 valence electrons. The largest absolute Gasteiger partial charge is 0.486 e. The Kier molecular flexibility index (Phi) is 7.89. The van der Waals surface area contributed by atoms with Gasteiger partial charge in [0.05, 0.1) is 17.9 Å². The van der Waals surface area contributed by atoms with E-state index in [-0.39, 0.29) is 17.6 Å². The quantitative estimate of drug-likeness (QED) is 0.320. The van der Waals surface area contributed by atoms with E-state index in [0.29, 0.717) is 41.3 Å². The van der Waals surface area contributed by atoms with Gasteiger partial charge in [0.1, 0.15) is 17.4 Å². The lowest BCUT2D eigenvalue weighted by Gasteiger charge is -2.10. The average molecular weight is 501 g/mol. The molecule has 0 bridgehead atoms. The molecule has 1 aliphatic carbocycles. The third kappa shape index (κ3) is 5.44. The Labute approximate surface area is 207 Å². The highest BCUT2D eigenvalue weighted by atomic mass is 32.2. The van der Waals surface area contributed by atoms with Crippen molar-refractivity contribution in [1.29, 1.82) is 0 Å². The van der Waals surface area contributed by atoms with Crippen LogP contribution in [0.4, 0.5) is 5.00 Å². The molecule has 4 rings (SSSR count). The minimum absolute atomic E-state index is 0.155. The molecule has 0 radical (unpaired) electrons. The van der Waals surface area contributed by atoms with E-state index in [0.717, 1.165) is 35.5 Å². The highest BCUT2D eigenvalue weighted by molar-refractivity contribution is 7.99. The summed E-state index contributed by atoms with van der Waals surface area (Å²) in [5.41, 5.74) is 2.71. The zero-order chi connectivity index (χ0) is 24.1. The van der Waals surface area contributed by atoms with Crippen LogP contribution in [-0.4, -0.2) is 39.0 Å². The van der Waals surface area contributed by atoms with Crippen molar-refractivity contribution in [3.8, 4) is 5.75 Å². The van der Waals surface area contributed by atoms with Crippen molar-refractivity contribution in [2.75, 3.05) is 17.7 Å². The number of carbonyl (C=O) groups is 2. The molecule has 34 heavy (non-hydrogen) atoms. The van der Waals surface area contributed by atoms with Crippen molar-refractivity contribution in [3.05, 3.63) is 51.7 Å². The van der Waals surface area contributed by atoms with Gasteiger partial charge >= 0.3 is 5.97 Å². The van der Waals surface area contributed by atoms with Gasteiger partial charge in [-0.3, -0.25) is 4.79 Å². The molecule has 0 fully saturated rings. The molecular weight excluding hydrogens is 472 g/mol. The number of hydrogen-bond donors (Lipinski definition) is 1. The van der Waals surface area contributed by atoms with Crippen molar-refractivity contribution in [2.45, 2.75) is 58.3 Å². The third-order valence-corrected chi connectivity index (χ3v) is 7.66. The maximum Gasteiger partial charge on any atom is 0.341 e. The van der Waals surface area contributed by atoms with Gasteiger partial charge < -0.3 is 19.4 Å². The highest BCUT2D eigenvalue weighted by Gasteiger charge is 2.28. The Balaban J connectivity index is 1.38. The Morgan fingerprint density at radius 1 is 1.18 bits per heavy atom. The molecule has 1 N–H and O–H groups in total. The number of rotatable bonds is 10. The molecule has 10 heteroatoms. The molecule has 0 aliphatic heterocycles. The number of fused-ring (bicyclic) bond motifs is 1. The van der Waals surface area contributed by atoms with Crippen molar-refractivity contribution < 1.29 is 19.1 Å². The molecule has 0 saturated heterocycles. The van der Waals surface area contributed by atoms with Crippen LogP contribution in [0.15, 0.2) is 29.4 Å². The minimum atomic E-state index is -0.367. The topological polar surface area (TPSA) is 95.3 Å². The van der Waals surface area contributed by atoms with E-state index in [1.165, 1.54) is 28.7 Å². The van der Waals surface area contributed by atoms with Crippen LogP contribution in [0.5, 0.6) is 5.75 Å². The van der Waals surface area contributed by atoms with Crippen molar-refractivity contribution in [2.24, 2.45) is 0 Å². The SMILES string of the molecule is CCOC(=O)c1c(NC(=O)CSc2nnc(COc3ccc(C)cc3)n2CC)sc2c1CCC2. The number of carbonyl (C=O) groups excluding carboxylic acids is 2. The lowest BCUT2D eigenvalue weighted by molar-refractivity contribution is -0.113. The van der Waals surface area contributed by atoms with Crippen LogP contribution >= 0.6 is 23.1 Å². The Hall–Kier alpha value is -2.85. The first-order valence-electron chi connectivity index (χ1n) is 11.4. The predicted octanol–water partition coefficient (Wildman–Crippen LogP) is 4.64. The lowest BCUT2D eigenvalue weighted by Crippen LogP contribution is -2.17. The van der Waals surface area contributed by atoms with Crippen molar-refractivity contribution in [1.82, 2.24) is 14.8 Å². The van der Waals surface area contributed by atoms with Crippen LogP contribution in [0.25, 0.3) is 0 Å². The number of nitrogens with one attached hydrogen (secondary N) is 1. The molecule has 0 saturated carbocycles. The first-order valence-corrected chi connectivity index (χ1v) is 13.2. The van der Waals surface area contributed by atoms with Gasteiger partial charge in [0.25, 0.3) is 0 Å². The standard InChI is InChI=1S/C24H28N4O4S2/c1-4-28-19(13-32-16-11-9-15(3)10-12-16)26-27-24(28)33-14-20(29)25-22-21(23(30)31-5-2)17-7-6-8-18(17)34-22/h9-12H,4-8,13-14H2,1-3H3,(H,25,29). The van der Waals surface area contributed by atoms with E-state index < -0.39 is 0 Å². The van der Waals surface area contributed by atoms with E-state index in [9.17, 15) is 9.59 Å². The summed E-state index contributed by atoms with van der Waals surface area (Å²) in [4.78, 5) is 26.4. The molecule has 1 amide bonds. The number of esters is 1. The molecular formula is C24H28N4O4S2. The van der Waals surface area contributed by atoms with Crippen molar-refractivity contribution in [3.63, 3.8) is 0 Å². The maximum atomic E-state index is 12.7. The number of thiophene rings is 1. The summed E-state index contributed by atoms with van der Waals surface area (Å²) in [5, 5.41) is 12.7. The second-order valence-electron chi connectivity index (χ2n) is 7.86. The molecule has 1 aliphatic rings. The molecule has 8 nitrogen and oxygen atoms in total. The molecule has 2 aromatic heterocycles. The number of thioether (sulfide) groups is 1. The number of aryl methyl sites for hydroxylation is 2. The first-order chi connectivity index (χ1) is 16.5. The third-order valence-electron chi connectivity index (χ3n) is 5.48. The van der Waals surface area contributed by atoms with Crippen molar-refractivity contribution >= 4 is 40.0 Å². The zero-order valence-electron chi connectivity index (χ0n) is 19.6. The molecule has 0 spiro atoms. The minimum Gasteiger partial charge on any atom is -0.486 e. The molecule has 0 atom stereocenters. The van der Waals surface area contributed by atoms with Gasteiger partial charge in [0.15, 0.2) is 11.0 Å². The molecule has 0 unspecified atom stereocenters. The van der Waals surface area contributed by atoms with Gasteiger partial charge in [0.2, 0.25) is 5.91 Å². The molecule has 2 heterocycles. The summed E-state index contributed by atoms with van der Waals surface area (Å²) >= 11 is 2.79. The summed E-state index contributed by atoms with van der Waals surface area (Å²) < 4.78 is 13.0. The highest BCUT2D eigenvalue weighted by Crippen LogP contribution is 2.39. The lowest BCUT2D eigenvalue weighted by atomic mass is 10.1. The second kappa shape index (κ2) is 11.1. The van der Waals surface area contributed by atoms with E-state index in [1.54, 1.807) is 6.92 Å². The van der Waals surface area contributed by atoms with E-state index in [4.69, 9.17) is 9.47 Å². The summed E-state index contributed by atoms with van der Waals surface area (Å²) in [6, 6.07) is 7.84. The fraction of sp³-hybridized carbons (Fsp3) is 0.417. The predicted molar refractivity (Wildman–Crippen MR) is 133 cm³/mol. The summed E-state index contributed by atoms with van der Waals surface area (Å²) in [7, 11) is 0. The number of ether oxygens (including phenoxy) is 2. The monoisotopic (exact) mass is 500 g/mol. The van der Waals surface area contributed by atoms with E-state index >= 15 is 0 Å². The Morgan fingerprint density at radius 3 is 2.71 bits per heavy atom. The van der Waals surface area contributed by atoms with Gasteiger partial charge in [-0.2, -0.15) is 0 Å². The maximum absolute atomic E-state index is 12.7. The summed E-state index contributed by atoms with van der Waals surface area (Å²) in [5.74, 6) is 1.06. The normalized spacial score (nSPS) is 12.4. The van der Waals surface area contributed by atoms with Gasteiger partial charge in [-0.25, -0.2) is 4.79 Å². The van der Waals surface area contributed by atoms with Crippen LogP contribution in [0.3, 0.4) is 0 Å². The van der Waals surface area contributed by atoms with E-state index in [2.05, 4.69) is 15.5 Å². The van der Waals surface area contributed by atoms with Gasteiger partial charge in [-0.1, -0.05) is 29.5 Å². The van der Waals surface area contributed by atoms with Crippen LogP contribution in [-0.2, 0) is 35.5 Å². The van der Waals surface area contributed by atoms with Crippen LogP contribution < -0.4 is 10.1 Å². The van der Waals surface area contributed by atoms with Crippen LogP contribution in [0, 0.1) is 6.92 Å². The number of anilines is 1. The van der Waals surface area contributed by atoms with Gasteiger partial charge in [0, 0.05) is 11.4 Å². The smallest absolute Gasteiger partial charge is 0.341 e. The summed E-state index contributed by atoms with van der Waals surface area (Å²) in [6.07, 6.45) is 2.81. The molecule has 1 aromatic carbocycles. The Bertz CT molecular complexity index is 1170. The zero-order valence-corrected chi connectivity index (χ0v) is 21.2. The number of aromatic nitrogens is 3. The summed E-state index contributed by atoms with van der Waals surface area (Å²) in [6.45, 7) is 7.06.